The second-order valence-corrected chi connectivity index (χ2v) is 6.38. The quantitative estimate of drug-likeness (QED) is 0.719. The molecule has 0 aliphatic heterocycles. The molecule has 21 heavy (non-hydrogen) atoms. The third-order valence-corrected chi connectivity index (χ3v) is 3.94. The summed E-state index contributed by atoms with van der Waals surface area (Å²) >= 11 is 0. The Hall–Kier alpha value is -0.940. The van der Waals surface area contributed by atoms with Crippen molar-refractivity contribution in [2.24, 2.45) is 11.8 Å². The lowest BCUT2D eigenvalue weighted by Crippen LogP contribution is -2.45. The molecular formula is C16H30N4O. The van der Waals surface area contributed by atoms with E-state index in [1.54, 1.807) is 6.33 Å². The lowest BCUT2D eigenvalue weighted by Gasteiger charge is -2.27. The molecule has 1 aromatic rings. The molecule has 120 valence electrons. The minimum atomic E-state index is 0.305. The van der Waals surface area contributed by atoms with E-state index < -0.39 is 0 Å². The van der Waals surface area contributed by atoms with Crippen molar-refractivity contribution in [1.29, 1.82) is 0 Å². The Labute approximate surface area is 128 Å². The molecule has 2 atom stereocenters. The monoisotopic (exact) mass is 294 g/mol. The highest BCUT2D eigenvalue weighted by molar-refractivity contribution is 4.97. The zero-order valence-corrected chi connectivity index (χ0v) is 13.9. The smallest absolute Gasteiger partial charge is 0.138 e. The minimum Gasteiger partial charge on any atom is -0.377 e. The number of rotatable bonds is 10. The summed E-state index contributed by atoms with van der Waals surface area (Å²) in [4.78, 5) is 4.47. The van der Waals surface area contributed by atoms with Gasteiger partial charge in [-0.25, -0.2) is 9.67 Å². The van der Waals surface area contributed by atoms with Crippen molar-refractivity contribution >= 4 is 0 Å². The zero-order chi connectivity index (χ0) is 15.2. The van der Waals surface area contributed by atoms with Crippen LogP contribution in [0.2, 0.25) is 0 Å². The highest BCUT2D eigenvalue weighted by Crippen LogP contribution is 2.36. The molecule has 5 nitrogen and oxygen atoms in total. The summed E-state index contributed by atoms with van der Waals surface area (Å²) in [7, 11) is 0. The molecule has 0 radical (unpaired) electrons. The summed E-state index contributed by atoms with van der Waals surface area (Å²) in [5, 5.41) is 7.97. The van der Waals surface area contributed by atoms with E-state index in [0.29, 0.717) is 18.1 Å². The van der Waals surface area contributed by atoms with Gasteiger partial charge in [-0.05, 0) is 38.1 Å². The van der Waals surface area contributed by atoms with E-state index in [1.165, 1.54) is 12.8 Å². The van der Waals surface area contributed by atoms with E-state index in [9.17, 15) is 0 Å². The number of likely N-dealkylation sites (N-methyl/N-ethyl adjacent to an activating group) is 1. The van der Waals surface area contributed by atoms with E-state index in [-0.39, 0.29) is 0 Å². The summed E-state index contributed by atoms with van der Waals surface area (Å²) in [6.07, 6.45) is 5.46. The highest BCUT2D eigenvalue weighted by Gasteiger charge is 2.37. The van der Waals surface area contributed by atoms with Gasteiger partial charge in [-0.15, -0.1) is 0 Å². The molecule has 1 aliphatic carbocycles. The van der Waals surface area contributed by atoms with Crippen LogP contribution >= 0.6 is 0 Å². The van der Waals surface area contributed by atoms with E-state index in [4.69, 9.17) is 4.74 Å². The number of nitrogens with one attached hydrogen (secondary N) is 1. The molecule has 0 amide bonds. The Kier molecular flexibility index (Phi) is 6.18. The number of hydrogen-bond donors (Lipinski definition) is 1. The van der Waals surface area contributed by atoms with Gasteiger partial charge in [-0.2, -0.15) is 5.10 Å². The maximum absolute atomic E-state index is 6.03. The van der Waals surface area contributed by atoms with Crippen molar-refractivity contribution in [3.05, 3.63) is 12.2 Å². The third kappa shape index (κ3) is 4.78. The zero-order valence-electron chi connectivity index (χ0n) is 13.9. The minimum absolute atomic E-state index is 0.305. The average molecular weight is 294 g/mol. The predicted molar refractivity (Wildman–Crippen MR) is 84.2 cm³/mol. The highest BCUT2D eigenvalue weighted by atomic mass is 16.5. The lowest BCUT2D eigenvalue weighted by molar-refractivity contribution is 0.0188. The first-order valence-corrected chi connectivity index (χ1v) is 8.37. The summed E-state index contributed by atoms with van der Waals surface area (Å²) in [5.74, 6) is 2.37. The Balaban J connectivity index is 2.06. The Bertz CT molecular complexity index is 414. The van der Waals surface area contributed by atoms with Crippen LogP contribution in [-0.2, 0) is 17.7 Å². The fourth-order valence-electron chi connectivity index (χ4n) is 2.91. The molecular weight excluding hydrogens is 264 g/mol. The molecule has 1 fully saturated rings. The molecule has 1 N–H and O–H groups in total. The van der Waals surface area contributed by atoms with Crippen molar-refractivity contribution < 1.29 is 4.74 Å². The maximum Gasteiger partial charge on any atom is 0.138 e. The Morgan fingerprint density at radius 2 is 2.14 bits per heavy atom. The first-order chi connectivity index (χ1) is 10.2. The van der Waals surface area contributed by atoms with E-state index >= 15 is 0 Å². The summed E-state index contributed by atoms with van der Waals surface area (Å²) < 4.78 is 8.08. The number of nitrogens with zero attached hydrogens (tertiary/aromatic N) is 3. The first kappa shape index (κ1) is 16.4. The Morgan fingerprint density at radius 3 is 2.71 bits per heavy atom. The van der Waals surface area contributed by atoms with Crippen molar-refractivity contribution in [3.8, 4) is 0 Å². The van der Waals surface area contributed by atoms with E-state index in [1.807, 2.05) is 4.68 Å². The fourth-order valence-corrected chi connectivity index (χ4v) is 2.91. The lowest BCUT2D eigenvalue weighted by atomic mass is 10.0. The second kappa shape index (κ2) is 7.90. The molecule has 0 spiro atoms. The van der Waals surface area contributed by atoms with Crippen LogP contribution in [0, 0.1) is 11.8 Å². The normalized spacial score (nSPS) is 18.1. The van der Waals surface area contributed by atoms with Gasteiger partial charge in [-0.1, -0.05) is 20.8 Å². The van der Waals surface area contributed by atoms with Gasteiger partial charge >= 0.3 is 0 Å². The largest absolute Gasteiger partial charge is 0.377 e. The molecule has 1 saturated carbocycles. The van der Waals surface area contributed by atoms with Crippen molar-refractivity contribution in [1.82, 2.24) is 20.1 Å². The fraction of sp³-hybridized carbons (Fsp3) is 0.875. The van der Waals surface area contributed by atoms with Gasteiger partial charge in [-0.3, -0.25) is 0 Å². The molecule has 0 bridgehead atoms. The molecule has 2 rings (SSSR count). The number of ether oxygens (including phenoxy) is 1. The van der Waals surface area contributed by atoms with Crippen molar-refractivity contribution in [3.63, 3.8) is 0 Å². The van der Waals surface area contributed by atoms with Gasteiger partial charge in [0.05, 0.1) is 6.10 Å². The van der Waals surface area contributed by atoms with Gasteiger partial charge in [0.2, 0.25) is 0 Å². The first-order valence-electron chi connectivity index (χ1n) is 8.37. The van der Waals surface area contributed by atoms with Crippen LogP contribution in [-0.4, -0.2) is 40.1 Å². The predicted octanol–water partition coefficient (Wildman–Crippen LogP) is 2.27. The molecule has 0 aromatic carbocycles. The molecule has 1 heterocycles. The van der Waals surface area contributed by atoms with Crippen LogP contribution in [0.25, 0.3) is 0 Å². The number of hydrogen-bond acceptors (Lipinski definition) is 4. The standard InChI is InChI=1S/C16H30N4O/c1-5-17-14(16(21-6-2)13-7-8-13)9-15-18-11-19-20(15)10-12(3)4/h11-14,16-17H,5-10H2,1-4H3. The van der Waals surface area contributed by atoms with E-state index in [2.05, 4.69) is 43.1 Å². The molecule has 1 aliphatic rings. The van der Waals surface area contributed by atoms with Gasteiger partial charge in [0, 0.05) is 25.6 Å². The van der Waals surface area contributed by atoms with Gasteiger partial charge < -0.3 is 10.1 Å². The van der Waals surface area contributed by atoms with Crippen LogP contribution in [0.1, 0.15) is 46.4 Å². The molecule has 0 saturated heterocycles. The van der Waals surface area contributed by atoms with Gasteiger partial charge in [0.25, 0.3) is 0 Å². The molecule has 5 heteroatoms. The van der Waals surface area contributed by atoms with Gasteiger partial charge in [0.1, 0.15) is 12.2 Å². The topological polar surface area (TPSA) is 52.0 Å². The van der Waals surface area contributed by atoms with Crippen LogP contribution in [0.4, 0.5) is 0 Å². The molecule has 1 aromatic heterocycles. The van der Waals surface area contributed by atoms with Gasteiger partial charge in [0.15, 0.2) is 0 Å². The third-order valence-electron chi connectivity index (χ3n) is 3.94. The van der Waals surface area contributed by atoms with E-state index in [0.717, 1.165) is 37.9 Å². The SMILES string of the molecule is CCNC(Cc1ncnn1CC(C)C)C(OCC)C1CC1. The summed E-state index contributed by atoms with van der Waals surface area (Å²) in [6, 6.07) is 0.331. The number of aromatic nitrogens is 3. The van der Waals surface area contributed by atoms with Crippen molar-refractivity contribution in [2.45, 2.75) is 65.6 Å². The summed E-state index contributed by atoms with van der Waals surface area (Å²) in [5.41, 5.74) is 0. The average Bonchev–Trinajstić information content (AvgIpc) is 3.18. The van der Waals surface area contributed by atoms with Crippen LogP contribution in [0.5, 0.6) is 0 Å². The molecule has 2 unspecified atom stereocenters. The second-order valence-electron chi connectivity index (χ2n) is 6.38. The van der Waals surface area contributed by atoms with Crippen LogP contribution in [0.3, 0.4) is 0 Å². The maximum atomic E-state index is 6.03. The Morgan fingerprint density at radius 1 is 1.38 bits per heavy atom. The summed E-state index contributed by atoms with van der Waals surface area (Å²) in [6.45, 7) is 11.3. The van der Waals surface area contributed by atoms with Crippen LogP contribution < -0.4 is 5.32 Å². The van der Waals surface area contributed by atoms with Crippen LogP contribution in [0.15, 0.2) is 6.33 Å². The van der Waals surface area contributed by atoms with Crippen molar-refractivity contribution in [2.75, 3.05) is 13.2 Å².